The highest BCUT2D eigenvalue weighted by atomic mass is 28.4. The Morgan fingerprint density at radius 2 is 1.63 bits per heavy atom. The molecule has 3 atom stereocenters. The van der Waals surface area contributed by atoms with Crippen LogP contribution in [0.25, 0.3) is 0 Å². The third kappa shape index (κ3) is 6.43. The van der Waals surface area contributed by atoms with E-state index in [1.807, 2.05) is 25.1 Å². The summed E-state index contributed by atoms with van der Waals surface area (Å²) in [6.07, 6.45) is -1.29. The van der Waals surface area contributed by atoms with E-state index >= 15 is 0 Å². The van der Waals surface area contributed by atoms with Crippen LogP contribution in [0, 0.1) is 11.3 Å². The molecule has 1 aromatic carbocycles. The van der Waals surface area contributed by atoms with Crippen LogP contribution in [0.1, 0.15) is 54.0 Å². The zero-order valence-electron chi connectivity index (χ0n) is 18.6. The Kier molecular flexibility index (Phi) is 7.84. The quantitative estimate of drug-likeness (QED) is 0.669. The van der Waals surface area contributed by atoms with E-state index in [2.05, 4.69) is 77.7 Å². The molecule has 4 nitrogen and oxygen atoms in total. The number of benzene rings is 1. The third-order valence-corrected chi connectivity index (χ3v) is 10.2. The molecule has 5 heteroatoms. The lowest BCUT2D eigenvalue weighted by Gasteiger charge is -2.44. The smallest absolute Gasteiger partial charge is 0.192 e. The Morgan fingerprint density at radius 1 is 1.11 bits per heavy atom. The van der Waals surface area contributed by atoms with Crippen LogP contribution in [0.3, 0.4) is 0 Å². The summed E-state index contributed by atoms with van der Waals surface area (Å²) in [4.78, 5) is 2.07. The predicted molar refractivity (Wildman–Crippen MR) is 115 cm³/mol. The highest BCUT2D eigenvalue weighted by Crippen LogP contribution is 2.38. The number of nitrogens with zero attached hydrogens (tertiary/aromatic N) is 2. The van der Waals surface area contributed by atoms with Crippen LogP contribution in [0.4, 0.5) is 0 Å². The largest absolute Gasteiger partial charge is 0.411 e. The highest BCUT2D eigenvalue weighted by molar-refractivity contribution is 6.74. The van der Waals surface area contributed by atoms with E-state index in [0.29, 0.717) is 6.54 Å². The zero-order valence-corrected chi connectivity index (χ0v) is 19.6. The first-order chi connectivity index (χ1) is 12.2. The van der Waals surface area contributed by atoms with Crippen molar-refractivity contribution in [2.24, 2.45) is 0 Å². The first-order valence-corrected chi connectivity index (χ1v) is 12.7. The van der Waals surface area contributed by atoms with Crippen molar-refractivity contribution in [2.45, 2.75) is 96.9 Å². The molecule has 152 valence electrons. The van der Waals surface area contributed by atoms with Gasteiger partial charge >= 0.3 is 0 Å². The van der Waals surface area contributed by atoms with Gasteiger partial charge in [0, 0.05) is 12.1 Å². The second-order valence-electron chi connectivity index (χ2n) is 9.93. The van der Waals surface area contributed by atoms with Crippen molar-refractivity contribution in [3.8, 4) is 6.07 Å². The summed E-state index contributed by atoms with van der Waals surface area (Å²) in [6.45, 7) is 19.6. The molecule has 0 radical (unpaired) electrons. The molecule has 3 unspecified atom stereocenters. The molecule has 0 aliphatic rings. The molecule has 0 aliphatic carbocycles. The second-order valence-corrected chi connectivity index (χ2v) is 14.7. The maximum Gasteiger partial charge on any atom is 0.192 e. The summed E-state index contributed by atoms with van der Waals surface area (Å²) in [5.41, 5.74) is 0.853. The normalized spacial score (nSPS) is 16.7. The predicted octanol–water partition coefficient (Wildman–Crippen LogP) is 4.95. The molecule has 0 aliphatic heterocycles. The number of hydrogen-bond donors (Lipinski definition) is 1. The average Bonchev–Trinajstić information content (AvgIpc) is 2.53. The van der Waals surface area contributed by atoms with Crippen LogP contribution in [-0.2, 0) is 11.0 Å². The molecule has 0 bridgehead atoms. The molecule has 0 fully saturated rings. The van der Waals surface area contributed by atoms with Crippen LogP contribution >= 0.6 is 0 Å². The van der Waals surface area contributed by atoms with Gasteiger partial charge in [-0.15, -0.1) is 0 Å². The van der Waals surface area contributed by atoms with E-state index in [4.69, 9.17) is 4.43 Å². The lowest BCUT2D eigenvalue weighted by Crippen LogP contribution is -2.56. The Morgan fingerprint density at radius 3 is 2.04 bits per heavy atom. The Balaban J connectivity index is 3.07. The van der Waals surface area contributed by atoms with Crippen LogP contribution in [-0.4, -0.2) is 42.1 Å². The molecular weight excluding hydrogens is 352 g/mol. The van der Waals surface area contributed by atoms with Gasteiger partial charge in [-0.2, -0.15) is 5.26 Å². The van der Waals surface area contributed by atoms with Crippen LogP contribution in [0.5, 0.6) is 0 Å². The summed E-state index contributed by atoms with van der Waals surface area (Å²) in [6, 6.07) is 11.8. The molecule has 0 heterocycles. The van der Waals surface area contributed by atoms with Gasteiger partial charge in [0.05, 0.1) is 12.2 Å². The van der Waals surface area contributed by atoms with Crippen LogP contribution in [0.2, 0.25) is 18.1 Å². The van der Waals surface area contributed by atoms with E-state index in [0.717, 1.165) is 5.56 Å². The molecule has 0 spiro atoms. The van der Waals surface area contributed by atoms with Gasteiger partial charge in [0.25, 0.3) is 0 Å². The van der Waals surface area contributed by atoms with Gasteiger partial charge in [-0.1, -0.05) is 51.1 Å². The first kappa shape index (κ1) is 23.8. The Bertz CT molecular complexity index is 626. The fraction of sp³-hybridized carbons (Fsp3) is 0.682. The van der Waals surface area contributed by atoms with Crippen molar-refractivity contribution in [3.05, 3.63) is 35.9 Å². The van der Waals surface area contributed by atoms with Crippen LogP contribution < -0.4 is 0 Å². The second kappa shape index (κ2) is 8.87. The van der Waals surface area contributed by atoms with Crippen molar-refractivity contribution >= 4 is 8.32 Å². The van der Waals surface area contributed by atoms with Gasteiger partial charge in [0.1, 0.15) is 12.1 Å². The van der Waals surface area contributed by atoms with Crippen LogP contribution in [0.15, 0.2) is 30.3 Å². The van der Waals surface area contributed by atoms with Crippen molar-refractivity contribution in [2.75, 3.05) is 0 Å². The maximum atomic E-state index is 11.1. The van der Waals surface area contributed by atoms with E-state index < -0.39 is 26.6 Å². The number of aliphatic hydroxyl groups excluding tert-OH is 1. The molecule has 0 saturated heterocycles. The minimum Gasteiger partial charge on any atom is -0.411 e. The van der Waals surface area contributed by atoms with Gasteiger partial charge in [-0.25, -0.2) is 0 Å². The molecule has 27 heavy (non-hydrogen) atoms. The Labute approximate surface area is 167 Å². The fourth-order valence-electron chi connectivity index (χ4n) is 2.83. The fourth-order valence-corrected chi connectivity index (χ4v) is 4.25. The molecule has 0 amide bonds. The molecular formula is C22H38N2O2Si. The van der Waals surface area contributed by atoms with Crippen molar-refractivity contribution in [3.63, 3.8) is 0 Å². The summed E-state index contributed by atoms with van der Waals surface area (Å²) >= 11 is 0. The number of nitriles is 1. The molecule has 1 aromatic rings. The molecule has 0 saturated carbocycles. The van der Waals surface area contributed by atoms with Crippen molar-refractivity contribution in [1.29, 1.82) is 5.26 Å². The van der Waals surface area contributed by atoms with Gasteiger partial charge in [-0.3, -0.25) is 4.90 Å². The SMILES string of the molecule is CC(O[Si](C)(C)C(C)(C)C)C(O)C(C#N)N(Cc1ccccc1)C(C)(C)C. The highest BCUT2D eigenvalue weighted by Gasteiger charge is 2.42. The monoisotopic (exact) mass is 390 g/mol. The number of aliphatic hydroxyl groups is 1. The standard InChI is InChI=1S/C22H38N2O2Si/c1-17(26-27(8,9)22(5,6)7)20(25)19(15-23)24(21(2,3)4)16-18-13-11-10-12-14-18/h10-14,17,19-20,25H,16H2,1-9H3. The summed E-state index contributed by atoms with van der Waals surface area (Å²) in [7, 11) is -2.03. The van der Waals surface area contributed by atoms with E-state index in [1.165, 1.54) is 0 Å². The van der Waals surface area contributed by atoms with Gasteiger partial charge < -0.3 is 9.53 Å². The van der Waals surface area contributed by atoms with E-state index in [-0.39, 0.29) is 10.6 Å². The van der Waals surface area contributed by atoms with Gasteiger partial charge in [-0.05, 0) is 51.4 Å². The lowest BCUT2D eigenvalue weighted by atomic mass is 9.97. The van der Waals surface area contributed by atoms with E-state index in [9.17, 15) is 10.4 Å². The summed E-state index contributed by atoms with van der Waals surface area (Å²) < 4.78 is 6.37. The topological polar surface area (TPSA) is 56.5 Å². The minimum atomic E-state index is -2.03. The van der Waals surface area contributed by atoms with E-state index in [1.54, 1.807) is 0 Å². The van der Waals surface area contributed by atoms with Crippen molar-refractivity contribution in [1.82, 2.24) is 4.90 Å². The minimum absolute atomic E-state index is 0.0525. The molecule has 0 aromatic heterocycles. The summed E-state index contributed by atoms with van der Waals surface area (Å²) in [5, 5.41) is 21.0. The maximum absolute atomic E-state index is 11.1. The number of rotatable bonds is 7. The van der Waals surface area contributed by atoms with Gasteiger partial charge in [0.2, 0.25) is 0 Å². The average molecular weight is 391 g/mol. The van der Waals surface area contributed by atoms with Crippen molar-refractivity contribution < 1.29 is 9.53 Å². The Hall–Kier alpha value is -1.19. The number of hydrogen-bond acceptors (Lipinski definition) is 4. The summed E-state index contributed by atoms with van der Waals surface area (Å²) in [5.74, 6) is 0. The van der Waals surface area contributed by atoms with Gasteiger partial charge in [0.15, 0.2) is 8.32 Å². The lowest BCUT2D eigenvalue weighted by molar-refractivity contribution is -0.0354. The third-order valence-electron chi connectivity index (χ3n) is 5.62. The molecule has 1 N–H and O–H groups in total. The zero-order chi connectivity index (χ0) is 21.0. The molecule has 1 rings (SSSR count). The first-order valence-electron chi connectivity index (χ1n) is 9.77.